The standard InChI is InChI=1S/C7H9BrN2OS/c8-5-1-6(12-4-5)3-10-7(11)2-9/h1,4H,2-3,9H2,(H,10,11). The molecule has 1 aromatic heterocycles. The molecule has 3 nitrogen and oxygen atoms in total. The lowest BCUT2D eigenvalue weighted by atomic mass is 10.4. The molecular weight excluding hydrogens is 240 g/mol. The number of carbonyl (C=O) groups excluding carboxylic acids is 1. The summed E-state index contributed by atoms with van der Waals surface area (Å²) >= 11 is 4.93. The summed E-state index contributed by atoms with van der Waals surface area (Å²) in [4.78, 5) is 11.9. The fourth-order valence-electron chi connectivity index (χ4n) is 0.704. The smallest absolute Gasteiger partial charge is 0.234 e. The second kappa shape index (κ2) is 4.59. The van der Waals surface area contributed by atoms with Gasteiger partial charge in [-0.25, -0.2) is 0 Å². The number of hydrogen-bond donors (Lipinski definition) is 2. The van der Waals surface area contributed by atoms with E-state index in [0.717, 1.165) is 9.35 Å². The molecule has 0 fully saturated rings. The Labute approximate surface area is 83.1 Å². The van der Waals surface area contributed by atoms with Gasteiger partial charge >= 0.3 is 0 Å². The monoisotopic (exact) mass is 248 g/mol. The van der Waals surface area contributed by atoms with Crippen molar-refractivity contribution in [2.45, 2.75) is 6.54 Å². The average molecular weight is 249 g/mol. The van der Waals surface area contributed by atoms with Gasteiger partial charge in [-0.1, -0.05) is 0 Å². The highest BCUT2D eigenvalue weighted by Crippen LogP contribution is 2.19. The Balaban J connectivity index is 2.38. The molecule has 0 unspecified atom stereocenters. The van der Waals surface area contributed by atoms with E-state index >= 15 is 0 Å². The van der Waals surface area contributed by atoms with Crippen LogP contribution in [0.2, 0.25) is 0 Å². The zero-order valence-electron chi connectivity index (χ0n) is 6.34. The fourth-order valence-corrected chi connectivity index (χ4v) is 2.10. The Hall–Kier alpha value is -0.390. The molecule has 0 bridgehead atoms. The molecule has 0 radical (unpaired) electrons. The molecule has 66 valence electrons. The molecule has 0 aliphatic carbocycles. The van der Waals surface area contributed by atoms with E-state index in [0.29, 0.717) is 6.54 Å². The van der Waals surface area contributed by atoms with Gasteiger partial charge in [0.15, 0.2) is 0 Å². The van der Waals surface area contributed by atoms with Gasteiger partial charge in [-0.3, -0.25) is 4.79 Å². The predicted molar refractivity (Wildman–Crippen MR) is 52.9 cm³/mol. The molecule has 12 heavy (non-hydrogen) atoms. The molecule has 0 saturated carbocycles. The lowest BCUT2D eigenvalue weighted by Gasteiger charge is -1.99. The number of thiophene rings is 1. The lowest BCUT2D eigenvalue weighted by molar-refractivity contribution is -0.119. The van der Waals surface area contributed by atoms with Crippen molar-refractivity contribution in [3.8, 4) is 0 Å². The fraction of sp³-hybridized carbons (Fsp3) is 0.286. The van der Waals surface area contributed by atoms with Crippen LogP contribution in [-0.2, 0) is 11.3 Å². The van der Waals surface area contributed by atoms with Crippen molar-refractivity contribution >= 4 is 33.2 Å². The minimum absolute atomic E-state index is 0.0482. The maximum Gasteiger partial charge on any atom is 0.234 e. The molecule has 0 spiro atoms. The van der Waals surface area contributed by atoms with Crippen molar-refractivity contribution in [3.05, 3.63) is 20.8 Å². The van der Waals surface area contributed by atoms with Crippen LogP contribution in [0.1, 0.15) is 4.88 Å². The number of rotatable bonds is 3. The summed E-state index contributed by atoms with van der Waals surface area (Å²) in [6.07, 6.45) is 0. The van der Waals surface area contributed by atoms with E-state index in [1.807, 2.05) is 11.4 Å². The Kier molecular flexibility index (Phi) is 3.71. The summed E-state index contributed by atoms with van der Waals surface area (Å²) in [5, 5.41) is 4.66. The van der Waals surface area contributed by atoms with Crippen LogP contribution in [0.5, 0.6) is 0 Å². The number of nitrogens with one attached hydrogen (secondary N) is 1. The second-order valence-corrected chi connectivity index (χ2v) is 4.12. The van der Waals surface area contributed by atoms with Crippen LogP contribution >= 0.6 is 27.3 Å². The van der Waals surface area contributed by atoms with Crippen LogP contribution in [0, 0.1) is 0 Å². The number of amides is 1. The predicted octanol–water partition coefficient (Wildman–Crippen LogP) is 1.09. The lowest BCUT2D eigenvalue weighted by Crippen LogP contribution is -2.29. The first kappa shape index (κ1) is 9.70. The first-order valence-electron chi connectivity index (χ1n) is 3.42. The largest absolute Gasteiger partial charge is 0.350 e. The highest BCUT2D eigenvalue weighted by Gasteiger charge is 1.99. The molecule has 0 atom stereocenters. The minimum atomic E-state index is -0.125. The molecular formula is C7H9BrN2OS. The molecule has 0 saturated heterocycles. The summed E-state index contributed by atoms with van der Waals surface area (Å²) in [5.41, 5.74) is 5.12. The van der Waals surface area contributed by atoms with Crippen LogP contribution in [0.4, 0.5) is 0 Å². The molecule has 1 amide bonds. The van der Waals surface area contributed by atoms with Crippen molar-refractivity contribution in [2.75, 3.05) is 6.54 Å². The van der Waals surface area contributed by atoms with E-state index in [1.54, 1.807) is 11.3 Å². The summed E-state index contributed by atoms with van der Waals surface area (Å²) in [6.45, 7) is 0.610. The third kappa shape index (κ3) is 2.92. The minimum Gasteiger partial charge on any atom is -0.350 e. The summed E-state index contributed by atoms with van der Waals surface area (Å²) < 4.78 is 1.05. The van der Waals surface area contributed by atoms with Crippen molar-refractivity contribution in [1.29, 1.82) is 0 Å². The van der Waals surface area contributed by atoms with Crippen LogP contribution in [0.3, 0.4) is 0 Å². The van der Waals surface area contributed by atoms with Crippen molar-refractivity contribution < 1.29 is 4.79 Å². The summed E-state index contributed by atoms with van der Waals surface area (Å²) in [6, 6.07) is 1.97. The maximum atomic E-state index is 10.7. The van der Waals surface area contributed by atoms with Crippen molar-refractivity contribution in [2.24, 2.45) is 5.73 Å². The number of carbonyl (C=O) groups is 1. The Morgan fingerprint density at radius 3 is 3.00 bits per heavy atom. The van der Waals surface area contributed by atoms with E-state index in [1.165, 1.54) is 0 Å². The molecule has 1 rings (SSSR count). The van der Waals surface area contributed by atoms with Crippen LogP contribution in [0.15, 0.2) is 15.9 Å². The first-order chi connectivity index (χ1) is 5.72. The van der Waals surface area contributed by atoms with Gasteiger partial charge in [-0.15, -0.1) is 11.3 Å². The van der Waals surface area contributed by atoms with Gasteiger partial charge in [0.05, 0.1) is 13.1 Å². The van der Waals surface area contributed by atoms with Gasteiger partial charge in [0, 0.05) is 14.7 Å². The molecule has 0 aromatic carbocycles. The zero-order chi connectivity index (χ0) is 8.97. The molecule has 0 aliphatic heterocycles. The van der Waals surface area contributed by atoms with E-state index in [-0.39, 0.29) is 12.5 Å². The molecule has 5 heteroatoms. The molecule has 0 aliphatic rings. The maximum absolute atomic E-state index is 10.7. The van der Waals surface area contributed by atoms with Gasteiger partial charge < -0.3 is 11.1 Å². The van der Waals surface area contributed by atoms with Crippen molar-refractivity contribution in [3.63, 3.8) is 0 Å². The van der Waals surface area contributed by atoms with E-state index in [4.69, 9.17) is 5.73 Å². The third-order valence-corrected chi connectivity index (χ3v) is 2.96. The van der Waals surface area contributed by atoms with Crippen LogP contribution < -0.4 is 11.1 Å². The summed E-state index contributed by atoms with van der Waals surface area (Å²) in [7, 11) is 0. The van der Waals surface area contributed by atoms with Gasteiger partial charge in [0.1, 0.15) is 0 Å². The Morgan fingerprint density at radius 2 is 2.50 bits per heavy atom. The number of hydrogen-bond acceptors (Lipinski definition) is 3. The highest BCUT2D eigenvalue weighted by atomic mass is 79.9. The van der Waals surface area contributed by atoms with Gasteiger partial charge in [-0.05, 0) is 22.0 Å². The Bertz CT molecular complexity index is 274. The quantitative estimate of drug-likeness (QED) is 0.842. The van der Waals surface area contributed by atoms with Crippen LogP contribution in [0.25, 0.3) is 0 Å². The zero-order valence-corrected chi connectivity index (χ0v) is 8.74. The van der Waals surface area contributed by atoms with Gasteiger partial charge in [0.2, 0.25) is 5.91 Å². The average Bonchev–Trinajstić information content (AvgIpc) is 2.47. The Morgan fingerprint density at radius 1 is 1.75 bits per heavy atom. The van der Waals surface area contributed by atoms with Gasteiger partial charge in [0.25, 0.3) is 0 Å². The molecule has 3 N–H and O–H groups in total. The van der Waals surface area contributed by atoms with E-state index < -0.39 is 0 Å². The topological polar surface area (TPSA) is 55.1 Å². The molecule has 1 heterocycles. The van der Waals surface area contributed by atoms with E-state index in [2.05, 4.69) is 21.2 Å². The van der Waals surface area contributed by atoms with Gasteiger partial charge in [-0.2, -0.15) is 0 Å². The number of halogens is 1. The first-order valence-corrected chi connectivity index (χ1v) is 5.09. The normalized spacial score (nSPS) is 9.83. The highest BCUT2D eigenvalue weighted by molar-refractivity contribution is 9.10. The van der Waals surface area contributed by atoms with E-state index in [9.17, 15) is 4.79 Å². The molecule has 1 aromatic rings. The summed E-state index contributed by atoms with van der Waals surface area (Å²) in [5.74, 6) is -0.125. The SMILES string of the molecule is NCC(=O)NCc1cc(Br)cs1. The third-order valence-electron chi connectivity index (χ3n) is 1.27. The number of nitrogens with two attached hydrogens (primary N) is 1. The van der Waals surface area contributed by atoms with Crippen molar-refractivity contribution in [1.82, 2.24) is 5.32 Å². The second-order valence-electron chi connectivity index (χ2n) is 2.21. The van der Waals surface area contributed by atoms with Crippen LogP contribution in [-0.4, -0.2) is 12.5 Å².